The molecule has 2 heterocycles. The van der Waals surface area contributed by atoms with E-state index in [1.54, 1.807) is 14.2 Å². The minimum absolute atomic E-state index is 0.000602. The first-order valence-electron chi connectivity index (χ1n) is 29.9. The number of ether oxygens (including phenoxy) is 12. The fraction of sp³-hybridized carbons (Fsp3) is 0.893. The fourth-order valence-electron chi connectivity index (χ4n) is 8.10. The van der Waals surface area contributed by atoms with E-state index in [9.17, 15) is 69.6 Å². The summed E-state index contributed by atoms with van der Waals surface area (Å²) in [4.78, 5) is 75.4. The van der Waals surface area contributed by atoms with Crippen molar-refractivity contribution in [3.63, 3.8) is 0 Å². The third-order valence-electron chi connectivity index (χ3n) is 13.1. The number of unbranched alkanes of at least 4 members (excludes halogenated alkanes) is 10. The first-order valence-corrected chi connectivity index (χ1v) is 32.0. The molecule has 2 saturated heterocycles. The van der Waals surface area contributed by atoms with Gasteiger partial charge in [-0.05, 0) is 12.8 Å². The molecule has 2 aliphatic heterocycles. The predicted molar refractivity (Wildman–Crippen MR) is 312 cm³/mol. The number of nitrogens with one attached hydrogen (secondary N) is 2. The van der Waals surface area contributed by atoms with E-state index < -0.39 is 121 Å². The molecule has 12 atom stereocenters. The summed E-state index contributed by atoms with van der Waals surface area (Å²) in [6, 6.07) is -2.64. The first kappa shape index (κ1) is 80.9. The Balaban J connectivity index is 0.000000860. The van der Waals surface area contributed by atoms with Crippen LogP contribution in [0.2, 0.25) is 0 Å². The van der Waals surface area contributed by atoms with Crippen LogP contribution in [0, 0.1) is 0 Å². The van der Waals surface area contributed by atoms with Crippen LogP contribution in [0.1, 0.15) is 117 Å². The van der Waals surface area contributed by atoms with Crippen molar-refractivity contribution in [2.24, 2.45) is 0 Å². The van der Waals surface area contributed by atoms with Gasteiger partial charge in [-0.15, -0.1) is 23.5 Å². The number of hydrogen-bond donors (Lipinski definition) is 10. The molecule has 0 bridgehead atoms. The average molecular weight is 1280 g/mol. The topological polar surface area (TPSA) is 399 Å². The highest BCUT2D eigenvalue weighted by Gasteiger charge is 2.45. The Morgan fingerprint density at radius 1 is 0.430 bits per heavy atom. The Morgan fingerprint density at radius 3 is 1.14 bits per heavy atom. The Bertz CT molecular complexity index is 1770. The molecule has 0 aromatic carbocycles. The van der Waals surface area contributed by atoms with Crippen LogP contribution in [0.5, 0.6) is 0 Å². The molecule has 86 heavy (non-hydrogen) atoms. The lowest BCUT2D eigenvalue weighted by Gasteiger charge is -2.40. The SMILES string of the molecule is CCCCCCCCOC(=O)C(CC(=O)OCCOCCOCCOC)SCCC(=O)N[C@H]1C(O)O[C@H](CO)[C@@H](O)[C@@H]1O.CCCCCCCCOC(=O)CC(SCCC(=O)N[C@H]1C(O)O[C@H](CO)[C@@H](O)[C@@H]1O)C(=O)OCCOCCOCCOC. The number of hydrogen-bond acceptors (Lipinski definition) is 28. The summed E-state index contributed by atoms with van der Waals surface area (Å²) in [5.74, 6) is -3.34. The third-order valence-corrected chi connectivity index (χ3v) is 15.5. The van der Waals surface area contributed by atoms with Gasteiger partial charge in [0, 0.05) is 38.6 Å². The minimum atomic E-state index is -1.64. The zero-order valence-corrected chi connectivity index (χ0v) is 52.3. The highest BCUT2D eigenvalue weighted by atomic mass is 32.2. The largest absolute Gasteiger partial charge is 0.466 e. The molecule has 4 unspecified atom stereocenters. The van der Waals surface area contributed by atoms with E-state index in [2.05, 4.69) is 24.5 Å². The molecule has 2 rings (SSSR count). The maximum atomic E-state index is 12.8. The van der Waals surface area contributed by atoms with Crippen molar-refractivity contribution in [1.29, 1.82) is 0 Å². The molecule has 0 spiro atoms. The van der Waals surface area contributed by atoms with Crippen LogP contribution < -0.4 is 10.6 Å². The molecule has 0 radical (unpaired) electrons. The lowest BCUT2D eigenvalue weighted by Crippen LogP contribution is -2.64. The zero-order chi connectivity index (χ0) is 63.7. The summed E-state index contributed by atoms with van der Waals surface area (Å²) in [6.45, 7) is 7.04. The Kier molecular flexibility index (Phi) is 49.5. The number of methoxy groups -OCH3 is 2. The third kappa shape index (κ3) is 37.8. The van der Waals surface area contributed by atoms with Gasteiger partial charge in [-0.2, -0.15) is 0 Å². The summed E-state index contributed by atoms with van der Waals surface area (Å²) >= 11 is 2.09. The van der Waals surface area contributed by atoms with Crippen LogP contribution >= 0.6 is 23.5 Å². The lowest BCUT2D eigenvalue weighted by molar-refractivity contribution is -0.253. The maximum Gasteiger partial charge on any atom is 0.319 e. The maximum absolute atomic E-state index is 12.8. The quantitative estimate of drug-likeness (QED) is 0.0215. The summed E-state index contributed by atoms with van der Waals surface area (Å²) in [5, 5.41) is 81.9. The number of carbonyl (C=O) groups excluding carboxylic acids is 6. The highest BCUT2D eigenvalue weighted by molar-refractivity contribution is 8.00. The van der Waals surface area contributed by atoms with E-state index in [-0.39, 0.29) is 76.8 Å². The number of aliphatic hydroxyl groups excluding tert-OH is 8. The Hall–Kier alpha value is -3.12. The van der Waals surface area contributed by atoms with E-state index >= 15 is 0 Å². The Labute approximate surface area is 514 Å². The van der Waals surface area contributed by atoms with Gasteiger partial charge in [0.05, 0.1) is 105 Å². The molecule has 0 saturated carbocycles. The van der Waals surface area contributed by atoms with Crippen LogP contribution in [0.15, 0.2) is 0 Å². The molecule has 504 valence electrons. The van der Waals surface area contributed by atoms with E-state index in [0.29, 0.717) is 59.3 Å². The van der Waals surface area contributed by atoms with Crippen molar-refractivity contribution in [1.82, 2.24) is 10.6 Å². The standard InChI is InChI=1S/2C28H51NO13S/c1-3-4-5-6-7-8-10-41-27(35)21(18-23(32)40-16-15-39-14-13-38-12-11-37-2)43-17-9-22(31)29-24-26(34)25(33)20(19-30)42-28(24)36;1-3-4-5-6-7-8-10-40-23(32)18-21(27(35)41-16-15-39-14-13-38-12-11-37-2)43-17-9-22(31)29-24-26(34)25(33)20(19-30)42-28(24)36/h2*20-21,24-26,28,30,33-34,36H,3-19H2,1-2H3,(H,29,31)/t2*20-,21?,24-,25-,26-,28?/m11/s1. The van der Waals surface area contributed by atoms with Crippen LogP contribution in [0.4, 0.5) is 0 Å². The molecule has 2 amide bonds. The van der Waals surface area contributed by atoms with Crippen LogP contribution in [0.25, 0.3) is 0 Å². The first-order chi connectivity index (χ1) is 41.5. The van der Waals surface area contributed by atoms with Gasteiger partial charge in [0.15, 0.2) is 12.6 Å². The van der Waals surface area contributed by atoms with Crippen molar-refractivity contribution in [2.45, 2.75) is 188 Å². The van der Waals surface area contributed by atoms with E-state index in [1.807, 2.05) is 0 Å². The van der Waals surface area contributed by atoms with Crippen molar-refractivity contribution in [3.05, 3.63) is 0 Å². The molecule has 28 nitrogen and oxygen atoms in total. The summed E-state index contributed by atoms with van der Waals surface area (Å²) in [5.41, 5.74) is 0. The van der Waals surface area contributed by atoms with E-state index in [4.69, 9.17) is 56.8 Å². The second kappa shape index (κ2) is 52.6. The van der Waals surface area contributed by atoms with Crippen LogP contribution in [0.3, 0.4) is 0 Å². The number of esters is 4. The zero-order valence-electron chi connectivity index (χ0n) is 50.7. The molecule has 2 fully saturated rings. The smallest absolute Gasteiger partial charge is 0.319 e. The van der Waals surface area contributed by atoms with Gasteiger partial charge in [0.25, 0.3) is 0 Å². The van der Waals surface area contributed by atoms with Gasteiger partial charge in [-0.3, -0.25) is 28.8 Å². The summed E-state index contributed by atoms with van der Waals surface area (Å²) < 4.78 is 62.3. The lowest BCUT2D eigenvalue weighted by atomic mass is 9.97. The van der Waals surface area contributed by atoms with Gasteiger partial charge in [0.1, 0.15) is 72.4 Å². The molecular weight excluding hydrogens is 1180 g/mol. The normalized spacial score (nSPS) is 22.6. The van der Waals surface area contributed by atoms with Crippen LogP contribution in [-0.2, 0) is 85.6 Å². The molecular formula is C56H102N2O26S2. The molecule has 2 aliphatic rings. The average Bonchev–Trinajstić information content (AvgIpc) is 2.38. The number of amides is 2. The summed E-state index contributed by atoms with van der Waals surface area (Å²) in [7, 11) is 3.16. The summed E-state index contributed by atoms with van der Waals surface area (Å²) in [6.07, 6.45) is -0.236. The van der Waals surface area contributed by atoms with Gasteiger partial charge < -0.3 is 108 Å². The Morgan fingerprint density at radius 2 is 0.756 bits per heavy atom. The number of rotatable bonds is 50. The van der Waals surface area contributed by atoms with Crippen molar-refractivity contribution >= 4 is 59.2 Å². The number of carbonyl (C=O) groups is 6. The molecule has 0 aromatic heterocycles. The number of aliphatic hydroxyl groups is 8. The molecule has 0 aromatic rings. The second-order valence-corrected chi connectivity index (χ2v) is 22.6. The van der Waals surface area contributed by atoms with Crippen molar-refractivity contribution in [2.75, 3.05) is 131 Å². The van der Waals surface area contributed by atoms with E-state index in [1.165, 1.54) is 6.42 Å². The van der Waals surface area contributed by atoms with E-state index in [0.717, 1.165) is 87.7 Å². The molecule has 10 N–H and O–H groups in total. The second-order valence-electron chi connectivity index (χ2n) is 20.0. The van der Waals surface area contributed by atoms with Crippen LogP contribution in [-0.4, -0.2) is 280 Å². The van der Waals surface area contributed by atoms with Gasteiger partial charge >= 0.3 is 23.9 Å². The monoisotopic (exact) mass is 1280 g/mol. The molecule has 30 heteroatoms. The van der Waals surface area contributed by atoms with Crippen molar-refractivity contribution in [3.8, 4) is 0 Å². The molecule has 0 aliphatic carbocycles. The van der Waals surface area contributed by atoms with Gasteiger partial charge in [0.2, 0.25) is 11.8 Å². The number of thioether (sulfide) groups is 2. The van der Waals surface area contributed by atoms with Crippen molar-refractivity contribution < 1.29 is 126 Å². The van der Waals surface area contributed by atoms with Gasteiger partial charge in [-0.25, -0.2) is 0 Å². The minimum Gasteiger partial charge on any atom is -0.466 e. The highest BCUT2D eigenvalue weighted by Crippen LogP contribution is 2.24. The van der Waals surface area contributed by atoms with Gasteiger partial charge in [-0.1, -0.05) is 78.1 Å². The predicted octanol–water partition coefficient (Wildman–Crippen LogP) is -0.178. The fourth-order valence-corrected chi connectivity index (χ4v) is 10.2.